The molecule has 0 saturated heterocycles. The van der Waals surface area contributed by atoms with Crippen molar-refractivity contribution in [3.63, 3.8) is 0 Å². The topological polar surface area (TPSA) is 88.2 Å². The van der Waals surface area contributed by atoms with Crippen molar-refractivity contribution >= 4 is 11.6 Å². The van der Waals surface area contributed by atoms with Crippen molar-refractivity contribution in [2.75, 3.05) is 18.5 Å². The Hall–Kier alpha value is -2.61. The highest BCUT2D eigenvalue weighted by Gasteiger charge is 2.16. The molecule has 0 aromatic carbocycles. The molecule has 3 heterocycles. The van der Waals surface area contributed by atoms with E-state index >= 15 is 0 Å². The van der Waals surface area contributed by atoms with Gasteiger partial charge in [0.15, 0.2) is 11.5 Å². The molecule has 8 heteroatoms. The van der Waals surface area contributed by atoms with Crippen LogP contribution in [0, 0.1) is 5.82 Å². The summed E-state index contributed by atoms with van der Waals surface area (Å²) in [6, 6.07) is 1.35. The maximum atomic E-state index is 13.5. The summed E-state index contributed by atoms with van der Waals surface area (Å²) in [4.78, 5) is 12.9. The quantitative estimate of drug-likeness (QED) is 0.674. The van der Waals surface area contributed by atoms with Gasteiger partial charge in [-0.1, -0.05) is 13.8 Å². The van der Waals surface area contributed by atoms with Crippen LogP contribution in [0.25, 0.3) is 17.0 Å². The Labute approximate surface area is 138 Å². The number of aliphatic hydroxyl groups is 1. The van der Waals surface area contributed by atoms with E-state index < -0.39 is 5.82 Å². The van der Waals surface area contributed by atoms with E-state index in [1.807, 2.05) is 0 Å². The van der Waals surface area contributed by atoms with E-state index in [0.29, 0.717) is 35.9 Å². The summed E-state index contributed by atoms with van der Waals surface area (Å²) < 4.78 is 15.1. The Morgan fingerprint density at radius 2 is 2.08 bits per heavy atom. The predicted molar refractivity (Wildman–Crippen MR) is 88.3 cm³/mol. The number of nitrogens with zero attached hydrogens (tertiary/aromatic N) is 5. The molecule has 0 radical (unpaired) electrons. The lowest BCUT2D eigenvalue weighted by Gasteiger charge is -2.10. The zero-order valence-corrected chi connectivity index (χ0v) is 13.6. The molecule has 0 fully saturated rings. The zero-order valence-electron chi connectivity index (χ0n) is 13.6. The minimum absolute atomic E-state index is 0.0816. The maximum Gasteiger partial charge on any atom is 0.227 e. The molecule has 2 N–H and O–H groups in total. The van der Waals surface area contributed by atoms with Crippen LogP contribution in [0.15, 0.2) is 24.7 Å². The number of rotatable bonds is 6. The standard InChI is InChI=1S/C16H19FN6O/c1-10(2)13-9-20-23-15(13)21-14(11-6-12(17)8-18-7-11)22-16(23)19-4-3-5-24/h6-10,24H,3-5H2,1-2H3,(H,19,21,22). The average Bonchev–Trinajstić information content (AvgIpc) is 2.99. The van der Waals surface area contributed by atoms with Crippen molar-refractivity contribution < 1.29 is 9.50 Å². The molecular weight excluding hydrogens is 311 g/mol. The van der Waals surface area contributed by atoms with Gasteiger partial charge in [-0.25, -0.2) is 9.37 Å². The monoisotopic (exact) mass is 330 g/mol. The van der Waals surface area contributed by atoms with Crippen LogP contribution in [0.1, 0.15) is 31.7 Å². The number of nitrogens with one attached hydrogen (secondary N) is 1. The highest BCUT2D eigenvalue weighted by atomic mass is 19.1. The minimum Gasteiger partial charge on any atom is -0.396 e. The number of aromatic nitrogens is 5. The first-order chi connectivity index (χ1) is 11.6. The van der Waals surface area contributed by atoms with Crippen molar-refractivity contribution in [1.82, 2.24) is 24.6 Å². The van der Waals surface area contributed by atoms with E-state index in [-0.39, 0.29) is 12.5 Å². The SMILES string of the molecule is CC(C)c1cnn2c(NCCCO)nc(-c3cncc(F)c3)nc12. The van der Waals surface area contributed by atoms with Crippen LogP contribution in [0.5, 0.6) is 0 Å². The second-order valence-corrected chi connectivity index (χ2v) is 5.76. The Balaban J connectivity index is 2.13. The molecule has 3 aromatic heterocycles. The number of fused-ring (bicyclic) bond motifs is 1. The molecule has 24 heavy (non-hydrogen) atoms. The van der Waals surface area contributed by atoms with Gasteiger partial charge in [0.1, 0.15) is 5.82 Å². The fourth-order valence-electron chi connectivity index (χ4n) is 2.36. The Morgan fingerprint density at radius 3 is 2.79 bits per heavy atom. The van der Waals surface area contributed by atoms with Gasteiger partial charge < -0.3 is 10.4 Å². The van der Waals surface area contributed by atoms with Crippen LogP contribution in [-0.4, -0.2) is 42.8 Å². The van der Waals surface area contributed by atoms with E-state index in [2.05, 4.69) is 39.2 Å². The third-order valence-electron chi connectivity index (χ3n) is 3.60. The first-order valence-corrected chi connectivity index (χ1v) is 7.81. The molecular formula is C16H19FN6O. The molecule has 0 aliphatic heterocycles. The summed E-state index contributed by atoms with van der Waals surface area (Å²) in [5.74, 6) is 0.674. The van der Waals surface area contributed by atoms with Crippen molar-refractivity contribution in [2.45, 2.75) is 26.2 Å². The number of anilines is 1. The van der Waals surface area contributed by atoms with Gasteiger partial charge in [-0.15, -0.1) is 0 Å². The van der Waals surface area contributed by atoms with Gasteiger partial charge in [0.2, 0.25) is 5.95 Å². The molecule has 0 amide bonds. The predicted octanol–water partition coefficient (Wildman–Crippen LogP) is 2.24. The first kappa shape index (κ1) is 16.3. The summed E-state index contributed by atoms with van der Waals surface area (Å²) in [6.45, 7) is 4.74. The molecule has 3 aromatic rings. The van der Waals surface area contributed by atoms with Crippen molar-refractivity contribution in [1.29, 1.82) is 0 Å². The van der Waals surface area contributed by atoms with Gasteiger partial charge >= 0.3 is 0 Å². The summed E-state index contributed by atoms with van der Waals surface area (Å²) in [5, 5.41) is 16.4. The van der Waals surface area contributed by atoms with Crippen LogP contribution >= 0.6 is 0 Å². The molecule has 0 saturated carbocycles. The largest absolute Gasteiger partial charge is 0.396 e. The third-order valence-corrected chi connectivity index (χ3v) is 3.60. The summed E-state index contributed by atoms with van der Waals surface area (Å²) >= 11 is 0. The summed E-state index contributed by atoms with van der Waals surface area (Å²) in [5.41, 5.74) is 2.15. The number of hydrogen-bond donors (Lipinski definition) is 2. The number of hydrogen-bond acceptors (Lipinski definition) is 6. The van der Waals surface area contributed by atoms with Crippen LogP contribution in [0.4, 0.5) is 10.3 Å². The molecule has 0 unspecified atom stereocenters. The van der Waals surface area contributed by atoms with Crippen LogP contribution < -0.4 is 5.32 Å². The molecule has 0 bridgehead atoms. The Morgan fingerprint density at radius 1 is 1.25 bits per heavy atom. The van der Waals surface area contributed by atoms with Crippen LogP contribution in [0.3, 0.4) is 0 Å². The van der Waals surface area contributed by atoms with Crippen molar-refractivity contribution in [3.05, 3.63) is 36.0 Å². The van der Waals surface area contributed by atoms with Gasteiger partial charge in [0.05, 0.1) is 12.4 Å². The van der Waals surface area contributed by atoms with E-state index in [9.17, 15) is 4.39 Å². The highest BCUT2D eigenvalue weighted by Crippen LogP contribution is 2.24. The van der Waals surface area contributed by atoms with Crippen LogP contribution in [-0.2, 0) is 0 Å². The smallest absolute Gasteiger partial charge is 0.227 e. The van der Waals surface area contributed by atoms with Crippen LogP contribution in [0.2, 0.25) is 0 Å². The molecule has 0 aliphatic carbocycles. The lowest BCUT2D eigenvalue weighted by Crippen LogP contribution is -2.12. The van der Waals surface area contributed by atoms with Gasteiger partial charge in [-0.2, -0.15) is 14.6 Å². The third kappa shape index (κ3) is 3.18. The fraction of sp³-hybridized carbons (Fsp3) is 0.375. The van der Waals surface area contributed by atoms with E-state index in [1.165, 1.54) is 12.3 Å². The molecule has 7 nitrogen and oxygen atoms in total. The lowest BCUT2D eigenvalue weighted by molar-refractivity contribution is 0.292. The second-order valence-electron chi connectivity index (χ2n) is 5.76. The van der Waals surface area contributed by atoms with Gasteiger partial charge in [0.25, 0.3) is 0 Å². The first-order valence-electron chi connectivity index (χ1n) is 7.81. The van der Waals surface area contributed by atoms with Gasteiger partial charge in [0, 0.05) is 30.5 Å². The van der Waals surface area contributed by atoms with Gasteiger partial charge in [-0.3, -0.25) is 4.98 Å². The molecule has 0 aliphatic rings. The van der Waals surface area contributed by atoms with Crippen molar-refractivity contribution in [2.24, 2.45) is 0 Å². The number of pyridine rings is 1. The van der Waals surface area contributed by atoms with E-state index in [4.69, 9.17) is 5.11 Å². The highest BCUT2D eigenvalue weighted by molar-refractivity contribution is 5.61. The average molecular weight is 330 g/mol. The molecule has 0 spiro atoms. The van der Waals surface area contributed by atoms with Crippen molar-refractivity contribution in [3.8, 4) is 11.4 Å². The Bertz CT molecular complexity index is 848. The normalized spacial score (nSPS) is 11.4. The minimum atomic E-state index is -0.441. The van der Waals surface area contributed by atoms with E-state index in [1.54, 1.807) is 10.7 Å². The van der Waals surface area contributed by atoms with Gasteiger partial charge in [-0.05, 0) is 18.4 Å². The van der Waals surface area contributed by atoms with E-state index in [0.717, 1.165) is 11.8 Å². The zero-order chi connectivity index (χ0) is 17.1. The fourth-order valence-corrected chi connectivity index (χ4v) is 2.36. The molecule has 3 rings (SSSR count). The summed E-state index contributed by atoms with van der Waals surface area (Å²) in [7, 11) is 0. The Kier molecular flexibility index (Phi) is 4.66. The maximum absolute atomic E-state index is 13.5. The molecule has 0 atom stereocenters. The number of aliphatic hydroxyl groups excluding tert-OH is 1. The molecule has 126 valence electrons. The summed E-state index contributed by atoms with van der Waals surface area (Å²) in [6.07, 6.45) is 5.01. The number of halogens is 1. The lowest BCUT2D eigenvalue weighted by atomic mass is 10.1. The second kappa shape index (κ2) is 6.88.